The highest BCUT2D eigenvalue weighted by atomic mass is 79.9. The van der Waals surface area contributed by atoms with Crippen LogP contribution < -0.4 is 11.5 Å². The summed E-state index contributed by atoms with van der Waals surface area (Å²) in [5.41, 5.74) is 14.0. The zero-order valence-corrected chi connectivity index (χ0v) is 9.51. The monoisotopic (exact) mass is 242 g/mol. The Bertz CT molecular complexity index is 297. The average molecular weight is 243 g/mol. The molecule has 0 aromatic heterocycles. The minimum atomic E-state index is -0.0856. The van der Waals surface area contributed by atoms with Crippen molar-refractivity contribution in [2.75, 3.05) is 0 Å². The quantitative estimate of drug-likeness (QED) is 0.835. The maximum atomic E-state index is 5.96. The molecule has 13 heavy (non-hydrogen) atoms. The second kappa shape index (κ2) is 4.22. The SMILES string of the molecule is Cc1ccc(Br)cc1C(N)C(C)N. The average Bonchev–Trinajstić information content (AvgIpc) is 2.08. The molecule has 1 rings (SSSR count). The predicted octanol–water partition coefficient (Wildman–Crippen LogP) is 2.10. The Morgan fingerprint density at radius 3 is 2.46 bits per heavy atom. The molecule has 0 spiro atoms. The van der Waals surface area contributed by atoms with Gasteiger partial charge in [-0.2, -0.15) is 0 Å². The summed E-state index contributed by atoms with van der Waals surface area (Å²) in [4.78, 5) is 0. The van der Waals surface area contributed by atoms with Crippen molar-refractivity contribution in [3.05, 3.63) is 33.8 Å². The van der Waals surface area contributed by atoms with Crippen molar-refractivity contribution in [1.29, 1.82) is 0 Å². The molecule has 2 atom stereocenters. The molecule has 4 N–H and O–H groups in total. The van der Waals surface area contributed by atoms with Crippen LogP contribution in [0.1, 0.15) is 24.1 Å². The molecule has 1 aromatic carbocycles. The molecule has 0 bridgehead atoms. The molecular formula is C10H15BrN2. The van der Waals surface area contributed by atoms with Gasteiger partial charge in [-0.1, -0.05) is 22.0 Å². The molecular weight excluding hydrogens is 228 g/mol. The number of rotatable bonds is 2. The van der Waals surface area contributed by atoms with Gasteiger partial charge >= 0.3 is 0 Å². The minimum absolute atomic E-state index is 0.0204. The van der Waals surface area contributed by atoms with Crippen LogP contribution in [0, 0.1) is 6.92 Å². The van der Waals surface area contributed by atoms with Crippen molar-refractivity contribution >= 4 is 15.9 Å². The van der Waals surface area contributed by atoms with Crippen molar-refractivity contribution in [3.8, 4) is 0 Å². The van der Waals surface area contributed by atoms with Crippen LogP contribution in [0.4, 0.5) is 0 Å². The fourth-order valence-electron chi connectivity index (χ4n) is 1.25. The third-order valence-corrected chi connectivity index (χ3v) is 2.66. The summed E-state index contributed by atoms with van der Waals surface area (Å²) in [6, 6.07) is 5.98. The van der Waals surface area contributed by atoms with Crippen LogP contribution in [-0.2, 0) is 0 Å². The minimum Gasteiger partial charge on any atom is -0.326 e. The van der Waals surface area contributed by atoms with Gasteiger partial charge in [0.2, 0.25) is 0 Å². The number of hydrogen-bond acceptors (Lipinski definition) is 2. The topological polar surface area (TPSA) is 52.0 Å². The Labute approximate surface area is 87.4 Å². The second-order valence-corrected chi connectivity index (χ2v) is 4.30. The summed E-state index contributed by atoms with van der Waals surface area (Å²) in [6.07, 6.45) is 0. The zero-order chi connectivity index (χ0) is 10.0. The Morgan fingerprint density at radius 2 is 1.92 bits per heavy atom. The maximum absolute atomic E-state index is 5.96. The van der Waals surface area contributed by atoms with Gasteiger partial charge in [-0.25, -0.2) is 0 Å². The summed E-state index contributed by atoms with van der Waals surface area (Å²) in [5, 5.41) is 0. The Hall–Kier alpha value is -0.380. The Morgan fingerprint density at radius 1 is 1.31 bits per heavy atom. The van der Waals surface area contributed by atoms with Gasteiger partial charge in [-0.3, -0.25) is 0 Å². The molecule has 72 valence electrons. The van der Waals surface area contributed by atoms with Crippen molar-refractivity contribution in [2.45, 2.75) is 25.9 Å². The third-order valence-electron chi connectivity index (χ3n) is 2.17. The van der Waals surface area contributed by atoms with Crippen LogP contribution in [0.2, 0.25) is 0 Å². The Balaban J connectivity index is 3.05. The van der Waals surface area contributed by atoms with E-state index in [4.69, 9.17) is 11.5 Å². The van der Waals surface area contributed by atoms with E-state index < -0.39 is 0 Å². The predicted molar refractivity (Wildman–Crippen MR) is 59.5 cm³/mol. The highest BCUT2D eigenvalue weighted by molar-refractivity contribution is 9.10. The maximum Gasteiger partial charge on any atom is 0.0449 e. The normalized spacial score (nSPS) is 15.5. The molecule has 1 aromatic rings. The summed E-state index contributed by atoms with van der Waals surface area (Å²) in [7, 11) is 0. The van der Waals surface area contributed by atoms with E-state index in [1.165, 1.54) is 5.56 Å². The molecule has 0 radical (unpaired) electrons. The first kappa shape index (κ1) is 10.7. The van der Waals surface area contributed by atoms with E-state index in [1.807, 2.05) is 32.0 Å². The smallest absolute Gasteiger partial charge is 0.0449 e. The number of aryl methyl sites for hydroxylation is 1. The lowest BCUT2D eigenvalue weighted by Crippen LogP contribution is -2.31. The summed E-state index contributed by atoms with van der Waals surface area (Å²) >= 11 is 3.42. The number of nitrogens with two attached hydrogens (primary N) is 2. The molecule has 2 nitrogen and oxygen atoms in total. The van der Waals surface area contributed by atoms with Crippen LogP contribution in [0.15, 0.2) is 22.7 Å². The molecule has 0 saturated carbocycles. The molecule has 0 amide bonds. The van der Waals surface area contributed by atoms with Crippen LogP contribution >= 0.6 is 15.9 Å². The first-order chi connectivity index (χ1) is 6.02. The first-order valence-electron chi connectivity index (χ1n) is 4.29. The van der Waals surface area contributed by atoms with E-state index in [2.05, 4.69) is 15.9 Å². The molecule has 0 fully saturated rings. The van der Waals surface area contributed by atoms with Gasteiger partial charge < -0.3 is 11.5 Å². The standard InChI is InChI=1S/C10H15BrN2/c1-6-3-4-8(11)5-9(6)10(13)7(2)12/h3-5,7,10H,12-13H2,1-2H3. The van der Waals surface area contributed by atoms with Crippen LogP contribution in [0.5, 0.6) is 0 Å². The molecule has 0 saturated heterocycles. The number of hydrogen-bond donors (Lipinski definition) is 2. The van der Waals surface area contributed by atoms with Gasteiger partial charge in [0.05, 0.1) is 0 Å². The van der Waals surface area contributed by atoms with Crippen LogP contribution in [0.3, 0.4) is 0 Å². The van der Waals surface area contributed by atoms with Gasteiger partial charge in [0.15, 0.2) is 0 Å². The molecule has 0 aliphatic heterocycles. The van der Waals surface area contributed by atoms with E-state index in [1.54, 1.807) is 0 Å². The number of benzene rings is 1. The van der Waals surface area contributed by atoms with Crippen molar-refractivity contribution in [1.82, 2.24) is 0 Å². The van der Waals surface area contributed by atoms with E-state index in [-0.39, 0.29) is 12.1 Å². The lowest BCUT2D eigenvalue weighted by molar-refractivity contribution is 0.586. The number of halogens is 1. The first-order valence-corrected chi connectivity index (χ1v) is 5.09. The Kier molecular flexibility index (Phi) is 3.47. The zero-order valence-electron chi connectivity index (χ0n) is 7.92. The van der Waals surface area contributed by atoms with E-state index in [0.29, 0.717) is 0 Å². The van der Waals surface area contributed by atoms with E-state index >= 15 is 0 Å². The summed E-state index contributed by atoms with van der Waals surface area (Å²) in [6.45, 7) is 3.97. The largest absolute Gasteiger partial charge is 0.326 e. The van der Waals surface area contributed by atoms with Crippen LogP contribution in [0.25, 0.3) is 0 Å². The van der Waals surface area contributed by atoms with Crippen molar-refractivity contribution in [3.63, 3.8) is 0 Å². The summed E-state index contributed by atoms with van der Waals surface area (Å²) in [5.74, 6) is 0. The van der Waals surface area contributed by atoms with Gasteiger partial charge in [-0.05, 0) is 37.1 Å². The van der Waals surface area contributed by atoms with Crippen LogP contribution in [-0.4, -0.2) is 6.04 Å². The van der Waals surface area contributed by atoms with E-state index in [0.717, 1.165) is 10.0 Å². The fraction of sp³-hybridized carbons (Fsp3) is 0.400. The highest BCUT2D eigenvalue weighted by Crippen LogP contribution is 2.22. The molecule has 0 aliphatic carbocycles. The summed E-state index contributed by atoms with van der Waals surface area (Å²) < 4.78 is 1.05. The molecule has 0 aliphatic rings. The second-order valence-electron chi connectivity index (χ2n) is 3.39. The van der Waals surface area contributed by atoms with Crippen molar-refractivity contribution in [2.24, 2.45) is 11.5 Å². The van der Waals surface area contributed by atoms with Gasteiger partial charge in [-0.15, -0.1) is 0 Å². The van der Waals surface area contributed by atoms with E-state index in [9.17, 15) is 0 Å². The lowest BCUT2D eigenvalue weighted by Gasteiger charge is -2.18. The molecule has 0 heterocycles. The third kappa shape index (κ3) is 2.53. The van der Waals surface area contributed by atoms with Gasteiger partial charge in [0.25, 0.3) is 0 Å². The van der Waals surface area contributed by atoms with Crippen molar-refractivity contribution < 1.29 is 0 Å². The lowest BCUT2D eigenvalue weighted by atomic mass is 9.98. The fourth-order valence-corrected chi connectivity index (χ4v) is 1.63. The molecule has 2 unspecified atom stereocenters. The van der Waals surface area contributed by atoms with Gasteiger partial charge in [0, 0.05) is 16.6 Å². The van der Waals surface area contributed by atoms with Gasteiger partial charge in [0.1, 0.15) is 0 Å². The molecule has 3 heteroatoms. The highest BCUT2D eigenvalue weighted by Gasteiger charge is 2.12.